The van der Waals surface area contributed by atoms with Crippen LogP contribution in [0.4, 0.5) is 4.79 Å². The average Bonchev–Trinajstić information content (AvgIpc) is 2.02. The molecule has 0 saturated heterocycles. The largest absolute Gasteiger partial charge is 0.508 e. The zero-order valence-electron chi connectivity index (χ0n) is 7.57. The summed E-state index contributed by atoms with van der Waals surface area (Å²) in [6.07, 6.45) is -0.492. The zero-order chi connectivity index (χ0) is 10.7. The van der Waals surface area contributed by atoms with Crippen molar-refractivity contribution in [2.24, 2.45) is 0 Å². The SMILES string of the molecule is CCC(C)(OC(=O)OC)C(Cl)(Cl)Cl. The number of ether oxygens (including phenoxy) is 2. The number of hydrogen-bond acceptors (Lipinski definition) is 3. The Morgan fingerprint density at radius 1 is 1.38 bits per heavy atom. The summed E-state index contributed by atoms with van der Waals surface area (Å²) in [5.74, 6) is 0. The van der Waals surface area contributed by atoms with Gasteiger partial charge in [0.25, 0.3) is 0 Å². The highest BCUT2D eigenvalue weighted by Crippen LogP contribution is 2.42. The first-order chi connectivity index (χ1) is 5.77. The topological polar surface area (TPSA) is 35.5 Å². The van der Waals surface area contributed by atoms with Crippen molar-refractivity contribution in [3.8, 4) is 0 Å². The van der Waals surface area contributed by atoms with Crippen molar-refractivity contribution < 1.29 is 14.3 Å². The Labute approximate surface area is 92.2 Å². The molecular weight excluding hydrogens is 238 g/mol. The number of halogens is 3. The van der Waals surface area contributed by atoms with E-state index in [1.807, 2.05) is 0 Å². The zero-order valence-corrected chi connectivity index (χ0v) is 9.83. The minimum atomic E-state index is -1.67. The van der Waals surface area contributed by atoms with E-state index >= 15 is 0 Å². The van der Waals surface area contributed by atoms with Gasteiger partial charge in [-0.05, 0) is 13.3 Å². The first-order valence-corrected chi connectivity index (χ1v) is 4.74. The normalized spacial score (nSPS) is 16.2. The molecule has 0 aromatic carbocycles. The lowest BCUT2D eigenvalue weighted by Crippen LogP contribution is -2.43. The third-order valence-corrected chi connectivity index (χ3v) is 2.95. The van der Waals surface area contributed by atoms with Crippen LogP contribution in [0.1, 0.15) is 20.3 Å². The molecular formula is C7H11Cl3O3. The highest BCUT2D eigenvalue weighted by molar-refractivity contribution is 6.68. The fourth-order valence-electron chi connectivity index (χ4n) is 0.556. The van der Waals surface area contributed by atoms with Crippen LogP contribution in [0, 0.1) is 0 Å². The molecule has 0 amide bonds. The number of carbonyl (C=O) groups excluding carboxylic acids is 1. The molecule has 13 heavy (non-hydrogen) atoms. The maximum Gasteiger partial charge on any atom is 0.508 e. The molecule has 3 nitrogen and oxygen atoms in total. The van der Waals surface area contributed by atoms with Crippen LogP contribution in [-0.4, -0.2) is 22.7 Å². The molecule has 0 fully saturated rings. The van der Waals surface area contributed by atoms with Crippen molar-refractivity contribution in [1.29, 1.82) is 0 Å². The Balaban J connectivity index is 4.56. The van der Waals surface area contributed by atoms with Crippen LogP contribution in [0.3, 0.4) is 0 Å². The lowest BCUT2D eigenvalue weighted by molar-refractivity contribution is -0.0172. The summed E-state index contributed by atoms with van der Waals surface area (Å²) < 4.78 is 7.48. The Morgan fingerprint density at radius 2 is 1.85 bits per heavy atom. The van der Waals surface area contributed by atoms with Crippen molar-refractivity contribution in [2.75, 3.05) is 7.11 Å². The average molecular weight is 250 g/mol. The smallest absolute Gasteiger partial charge is 0.438 e. The van der Waals surface area contributed by atoms with E-state index in [-0.39, 0.29) is 0 Å². The summed E-state index contributed by atoms with van der Waals surface area (Å²) in [5.41, 5.74) is -1.18. The summed E-state index contributed by atoms with van der Waals surface area (Å²) in [6.45, 7) is 3.27. The molecule has 0 aromatic heterocycles. The molecule has 78 valence electrons. The fraction of sp³-hybridized carbons (Fsp3) is 0.857. The molecule has 6 heteroatoms. The molecule has 0 aliphatic heterocycles. The molecule has 1 unspecified atom stereocenters. The van der Waals surface area contributed by atoms with Crippen LogP contribution in [0.2, 0.25) is 0 Å². The third-order valence-electron chi connectivity index (χ3n) is 1.75. The predicted molar refractivity (Wildman–Crippen MR) is 52.5 cm³/mol. The number of hydrogen-bond donors (Lipinski definition) is 0. The highest BCUT2D eigenvalue weighted by Gasteiger charge is 2.47. The standard InChI is InChI=1S/C7H11Cl3O3/c1-4-6(2,7(8,9)10)13-5(11)12-3/h4H2,1-3H3. The molecule has 0 rings (SSSR count). The Bertz CT molecular complexity index is 190. The van der Waals surface area contributed by atoms with Gasteiger partial charge in [0.05, 0.1) is 7.11 Å². The van der Waals surface area contributed by atoms with Gasteiger partial charge in [0.1, 0.15) is 0 Å². The van der Waals surface area contributed by atoms with E-state index in [2.05, 4.69) is 4.74 Å². The number of carbonyl (C=O) groups is 1. The molecule has 0 aliphatic rings. The molecule has 0 aliphatic carbocycles. The molecule has 0 heterocycles. The minimum absolute atomic E-state index is 0.374. The second kappa shape index (κ2) is 4.58. The van der Waals surface area contributed by atoms with Crippen molar-refractivity contribution >= 4 is 41.0 Å². The predicted octanol–water partition coefficient (Wildman–Crippen LogP) is 3.31. The van der Waals surface area contributed by atoms with Crippen LogP contribution in [0.15, 0.2) is 0 Å². The van der Waals surface area contributed by atoms with Gasteiger partial charge in [-0.3, -0.25) is 0 Å². The van der Waals surface area contributed by atoms with Crippen molar-refractivity contribution in [3.63, 3.8) is 0 Å². The maximum absolute atomic E-state index is 10.8. The van der Waals surface area contributed by atoms with E-state index in [1.54, 1.807) is 6.92 Å². The van der Waals surface area contributed by atoms with Gasteiger partial charge in [0.2, 0.25) is 3.79 Å². The highest BCUT2D eigenvalue weighted by atomic mass is 35.6. The third kappa shape index (κ3) is 3.41. The van der Waals surface area contributed by atoms with Gasteiger partial charge in [0, 0.05) is 0 Å². The minimum Gasteiger partial charge on any atom is -0.438 e. The monoisotopic (exact) mass is 248 g/mol. The van der Waals surface area contributed by atoms with E-state index < -0.39 is 15.5 Å². The lowest BCUT2D eigenvalue weighted by atomic mass is 10.1. The van der Waals surface area contributed by atoms with E-state index in [0.717, 1.165) is 0 Å². The van der Waals surface area contributed by atoms with E-state index in [1.165, 1.54) is 14.0 Å². The summed E-state index contributed by atoms with van der Waals surface area (Å²) in [5, 5.41) is 0. The quantitative estimate of drug-likeness (QED) is 0.556. The summed E-state index contributed by atoms with van der Waals surface area (Å²) in [6, 6.07) is 0. The Morgan fingerprint density at radius 3 is 2.08 bits per heavy atom. The fourth-order valence-corrected chi connectivity index (χ4v) is 1.07. The van der Waals surface area contributed by atoms with Crippen LogP contribution < -0.4 is 0 Å². The number of alkyl halides is 3. The molecule has 0 spiro atoms. The maximum atomic E-state index is 10.8. The van der Waals surface area contributed by atoms with Gasteiger partial charge < -0.3 is 9.47 Å². The van der Waals surface area contributed by atoms with E-state index in [9.17, 15) is 4.79 Å². The van der Waals surface area contributed by atoms with Crippen LogP contribution in [-0.2, 0) is 9.47 Å². The van der Waals surface area contributed by atoms with Crippen LogP contribution in [0.25, 0.3) is 0 Å². The number of methoxy groups -OCH3 is 1. The first-order valence-electron chi connectivity index (χ1n) is 3.60. The molecule has 0 aromatic rings. The van der Waals surface area contributed by atoms with Gasteiger partial charge >= 0.3 is 6.16 Å². The molecule has 0 radical (unpaired) electrons. The molecule has 0 bridgehead atoms. The second-order valence-corrected chi connectivity index (χ2v) is 4.92. The first kappa shape index (κ1) is 13.1. The van der Waals surface area contributed by atoms with Crippen molar-refractivity contribution in [2.45, 2.75) is 29.7 Å². The van der Waals surface area contributed by atoms with Gasteiger partial charge in [-0.1, -0.05) is 41.7 Å². The molecule has 0 saturated carbocycles. The summed E-state index contributed by atoms with van der Waals surface area (Å²) in [7, 11) is 1.19. The van der Waals surface area contributed by atoms with Crippen molar-refractivity contribution in [3.05, 3.63) is 0 Å². The molecule has 0 N–H and O–H groups in total. The lowest BCUT2D eigenvalue weighted by Gasteiger charge is -2.33. The van der Waals surface area contributed by atoms with Crippen LogP contribution >= 0.6 is 34.8 Å². The Hall–Kier alpha value is 0.140. The summed E-state index contributed by atoms with van der Waals surface area (Å²) >= 11 is 16.9. The second-order valence-electron chi connectivity index (χ2n) is 2.64. The van der Waals surface area contributed by atoms with Crippen molar-refractivity contribution in [1.82, 2.24) is 0 Å². The van der Waals surface area contributed by atoms with Gasteiger partial charge in [-0.15, -0.1) is 0 Å². The molecule has 1 atom stereocenters. The van der Waals surface area contributed by atoms with Crippen LogP contribution in [0.5, 0.6) is 0 Å². The van der Waals surface area contributed by atoms with Gasteiger partial charge in [0.15, 0.2) is 5.60 Å². The van der Waals surface area contributed by atoms with Gasteiger partial charge in [-0.2, -0.15) is 0 Å². The Kier molecular flexibility index (Phi) is 4.63. The summed E-state index contributed by atoms with van der Waals surface area (Å²) in [4.78, 5) is 10.8. The van der Waals surface area contributed by atoms with E-state index in [4.69, 9.17) is 39.5 Å². The van der Waals surface area contributed by atoms with E-state index in [0.29, 0.717) is 6.42 Å². The van der Waals surface area contributed by atoms with Gasteiger partial charge in [-0.25, -0.2) is 4.79 Å². The number of rotatable bonds is 2.